The van der Waals surface area contributed by atoms with E-state index in [2.05, 4.69) is 4.98 Å². The Morgan fingerprint density at radius 3 is 2.63 bits per heavy atom. The maximum Gasteiger partial charge on any atom is 0.327 e. The minimum atomic E-state index is -3.82. The zero-order valence-electron chi connectivity index (χ0n) is 16.4. The molecule has 156 valence electrons. The molecular weight excluding hydrogens is 426 g/mol. The van der Waals surface area contributed by atoms with Gasteiger partial charge in [0.05, 0.1) is 16.3 Å². The number of carbonyl (C=O) groups excluding carboxylic acids is 2. The summed E-state index contributed by atoms with van der Waals surface area (Å²) in [6.07, 6.45) is 0. The predicted molar refractivity (Wildman–Crippen MR) is 114 cm³/mol. The molecule has 2 aromatic carbocycles. The molecule has 0 unspecified atom stereocenters. The monoisotopic (exact) mass is 445 g/mol. The van der Waals surface area contributed by atoms with Crippen molar-refractivity contribution in [2.75, 3.05) is 22.3 Å². The SMILES string of the molecule is CCN(C(C)=O)c1nc(COC(=O)CN2c3cccc4cccc(c34)S2(=O)=O)cs1. The molecule has 1 aliphatic heterocycles. The van der Waals surface area contributed by atoms with Gasteiger partial charge in [-0.3, -0.25) is 18.8 Å². The Bertz CT molecular complexity index is 1250. The smallest absolute Gasteiger partial charge is 0.327 e. The summed E-state index contributed by atoms with van der Waals surface area (Å²) in [6.45, 7) is 3.26. The molecule has 0 radical (unpaired) electrons. The molecule has 10 heteroatoms. The van der Waals surface area contributed by atoms with Crippen molar-refractivity contribution in [2.24, 2.45) is 0 Å². The minimum Gasteiger partial charge on any atom is -0.458 e. The molecule has 0 aliphatic carbocycles. The number of thiazole rings is 1. The topological polar surface area (TPSA) is 96.9 Å². The van der Waals surface area contributed by atoms with Crippen LogP contribution in [0.4, 0.5) is 10.8 Å². The van der Waals surface area contributed by atoms with Crippen molar-refractivity contribution in [3.05, 3.63) is 47.5 Å². The molecule has 0 atom stereocenters. The van der Waals surface area contributed by atoms with Gasteiger partial charge in [-0.15, -0.1) is 11.3 Å². The molecule has 1 aromatic heterocycles. The number of aromatic nitrogens is 1. The van der Waals surface area contributed by atoms with E-state index in [1.54, 1.807) is 23.6 Å². The number of amides is 1. The number of sulfonamides is 1. The molecule has 4 rings (SSSR count). The van der Waals surface area contributed by atoms with Crippen molar-refractivity contribution in [3.63, 3.8) is 0 Å². The Morgan fingerprint density at radius 2 is 1.93 bits per heavy atom. The summed E-state index contributed by atoms with van der Waals surface area (Å²) in [4.78, 5) is 30.1. The van der Waals surface area contributed by atoms with Gasteiger partial charge in [0.15, 0.2) is 5.13 Å². The van der Waals surface area contributed by atoms with Gasteiger partial charge in [-0.25, -0.2) is 13.4 Å². The van der Waals surface area contributed by atoms with E-state index in [4.69, 9.17) is 4.74 Å². The predicted octanol–water partition coefficient (Wildman–Crippen LogP) is 2.92. The maximum absolute atomic E-state index is 12.9. The lowest BCUT2D eigenvalue weighted by molar-refractivity contribution is -0.143. The van der Waals surface area contributed by atoms with Crippen molar-refractivity contribution in [1.29, 1.82) is 0 Å². The Balaban J connectivity index is 1.48. The molecule has 3 aromatic rings. The van der Waals surface area contributed by atoms with Crippen LogP contribution in [0.15, 0.2) is 46.7 Å². The third-order valence-electron chi connectivity index (χ3n) is 4.80. The molecule has 0 fully saturated rings. The second kappa shape index (κ2) is 7.69. The van der Waals surface area contributed by atoms with Crippen LogP contribution in [0.1, 0.15) is 19.5 Å². The number of nitrogens with zero attached hydrogens (tertiary/aromatic N) is 3. The van der Waals surface area contributed by atoms with E-state index in [9.17, 15) is 18.0 Å². The molecule has 0 spiro atoms. The highest BCUT2D eigenvalue weighted by atomic mass is 32.2. The lowest BCUT2D eigenvalue weighted by Gasteiger charge is -2.17. The van der Waals surface area contributed by atoms with Gasteiger partial charge in [0.2, 0.25) is 5.91 Å². The number of hydrogen-bond donors (Lipinski definition) is 0. The van der Waals surface area contributed by atoms with E-state index in [0.717, 1.165) is 9.69 Å². The van der Waals surface area contributed by atoms with Crippen molar-refractivity contribution < 1.29 is 22.7 Å². The first-order valence-electron chi connectivity index (χ1n) is 9.25. The Morgan fingerprint density at radius 1 is 1.20 bits per heavy atom. The molecule has 0 saturated heterocycles. The lowest BCUT2D eigenvalue weighted by Crippen LogP contribution is -2.33. The Labute approximate surface area is 177 Å². The third-order valence-corrected chi connectivity index (χ3v) is 7.52. The van der Waals surface area contributed by atoms with E-state index in [1.165, 1.54) is 29.2 Å². The van der Waals surface area contributed by atoms with E-state index >= 15 is 0 Å². The van der Waals surface area contributed by atoms with Gasteiger partial charge >= 0.3 is 5.97 Å². The molecule has 0 bridgehead atoms. The van der Waals surface area contributed by atoms with Crippen molar-refractivity contribution in [1.82, 2.24) is 4.98 Å². The number of carbonyl (C=O) groups is 2. The molecule has 1 amide bonds. The van der Waals surface area contributed by atoms with Crippen LogP contribution in [0, 0.1) is 0 Å². The molecular formula is C20H19N3O5S2. The van der Waals surface area contributed by atoms with Crippen LogP contribution in [0.2, 0.25) is 0 Å². The molecule has 1 aliphatic rings. The summed E-state index contributed by atoms with van der Waals surface area (Å²) < 4.78 is 32.2. The number of rotatable bonds is 6. The first-order chi connectivity index (χ1) is 14.3. The number of esters is 1. The first-order valence-corrected chi connectivity index (χ1v) is 11.6. The zero-order valence-corrected chi connectivity index (χ0v) is 18.0. The van der Waals surface area contributed by atoms with E-state index < -0.39 is 22.5 Å². The fourth-order valence-electron chi connectivity index (χ4n) is 3.42. The van der Waals surface area contributed by atoms with Gasteiger partial charge in [-0.05, 0) is 24.4 Å². The Kier molecular flexibility index (Phi) is 5.20. The van der Waals surface area contributed by atoms with E-state index in [-0.39, 0.29) is 17.4 Å². The van der Waals surface area contributed by atoms with Crippen molar-refractivity contribution >= 4 is 54.8 Å². The standard InChI is InChI=1S/C20H19N3O5S2/c1-3-22(13(2)24)20-21-15(12-29-20)11-28-18(25)10-23-16-8-4-6-14-7-5-9-17(19(14)16)30(23,26)27/h4-9,12H,3,10-11H2,1-2H3. The summed E-state index contributed by atoms with van der Waals surface area (Å²) in [5.41, 5.74) is 0.966. The highest BCUT2D eigenvalue weighted by molar-refractivity contribution is 7.93. The van der Waals surface area contributed by atoms with E-state index in [0.29, 0.717) is 28.4 Å². The van der Waals surface area contributed by atoms with Crippen LogP contribution < -0.4 is 9.21 Å². The summed E-state index contributed by atoms with van der Waals surface area (Å²) in [5.74, 6) is -0.805. The number of anilines is 2. The van der Waals surface area contributed by atoms with Crippen LogP contribution in [0.25, 0.3) is 10.8 Å². The average molecular weight is 446 g/mol. The van der Waals surface area contributed by atoms with Gasteiger partial charge in [-0.2, -0.15) is 0 Å². The molecule has 0 saturated carbocycles. The number of hydrogen-bond acceptors (Lipinski definition) is 7. The van der Waals surface area contributed by atoms with Gasteiger partial charge in [-0.1, -0.05) is 24.3 Å². The summed E-state index contributed by atoms with van der Waals surface area (Å²) in [6, 6.07) is 10.3. The summed E-state index contributed by atoms with van der Waals surface area (Å²) in [7, 11) is -3.82. The highest BCUT2D eigenvalue weighted by Crippen LogP contribution is 2.41. The zero-order chi connectivity index (χ0) is 21.5. The average Bonchev–Trinajstić information content (AvgIpc) is 3.25. The first kappa shape index (κ1) is 20.3. The van der Waals surface area contributed by atoms with Gasteiger partial charge in [0.25, 0.3) is 10.0 Å². The van der Waals surface area contributed by atoms with E-state index in [1.807, 2.05) is 19.1 Å². The third kappa shape index (κ3) is 3.41. The molecule has 0 N–H and O–H groups in total. The minimum absolute atomic E-state index is 0.101. The largest absolute Gasteiger partial charge is 0.458 e. The second-order valence-electron chi connectivity index (χ2n) is 6.69. The number of benzene rings is 2. The van der Waals surface area contributed by atoms with Crippen LogP contribution >= 0.6 is 11.3 Å². The van der Waals surface area contributed by atoms with Crippen LogP contribution in [0.3, 0.4) is 0 Å². The fraction of sp³-hybridized carbons (Fsp3) is 0.250. The normalized spacial score (nSPS) is 14.1. The van der Waals surface area contributed by atoms with Crippen LogP contribution in [-0.4, -0.2) is 38.4 Å². The maximum atomic E-state index is 12.9. The fourth-order valence-corrected chi connectivity index (χ4v) is 6.00. The van der Waals surface area contributed by atoms with Crippen LogP contribution in [0.5, 0.6) is 0 Å². The van der Waals surface area contributed by atoms with Crippen molar-refractivity contribution in [3.8, 4) is 0 Å². The lowest BCUT2D eigenvalue weighted by atomic mass is 10.1. The van der Waals surface area contributed by atoms with Gasteiger partial charge in [0, 0.05) is 24.2 Å². The summed E-state index contributed by atoms with van der Waals surface area (Å²) in [5, 5.41) is 3.64. The quantitative estimate of drug-likeness (QED) is 0.541. The van der Waals surface area contributed by atoms with Gasteiger partial charge < -0.3 is 4.74 Å². The Hall–Kier alpha value is -2.98. The highest BCUT2D eigenvalue weighted by Gasteiger charge is 2.37. The molecule has 2 heterocycles. The number of ether oxygens (including phenoxy) is 1. The second-order valence-corrected chi connectivity index (χ2v) is 9.36. The van der Waals surface area contributed by atoms with Crippen LogP contribution in [-0.2, 0) is 31.0 Å². The van der Waals surface area contributed by atoms with Crippen molar-refractivity contribution in [2.45, 2.75) is 25.3 Å². The molecule has 8 nitrogen and oxygen atoms in total. The molecule has 30 heavy (non-hydrogen) atoms. The van der Waals surface area contributed by atoms with Gasteiger partial charge in [0.1, 0.15) is 13.2 Å². The summed E-state index contributed by atoms with van der Waals surface area (Å²) >= 11 is 1.28.